The number of ether oxygens (including phenoxy) is 1. The fourth-order valence-corrected chi connectivity index (χ4v) is 1.97. The second kappa shape index (κ2) is 5.75. The van der Waals surface area contributed by atoms with Crippen LogP contribution in [-0.4, -0.2) is 22.8 Å². The lowest BCUT2D eigenvalue weighted by Crippen LogP contribution is -2.09. The third-order valence-electron chi connectivity index (χ3n) is 1.71. The number of anilines is 1. The largest absolute Gasteiger partial charge is 0.462 e. The van der Waals surface area contributed by atoms with Gasteiger partial charge in [-0.05, 0) is 13.0 Å². The van der Waals surface area contributed by atoms with Crippen LogP contribution in [0.4, 0.5) is 5.69 Å². The van der Waals surface area contributed by atoms with Crippen LogP contribution in [0, 0.1) is 0 Å². The zero-order chi connectivity index (χ0) is 12.1. The van der Waals surface area contributed by atoms with Crippen molar-refractivity contribution >= 4 is 23.4 Å². The molecule has 2 N–H and O–H groups in total. The molecule has 0 fully saturated rings. The number of hydrogen-bond acceptors (Lipinski definition) is 5. The van der Waals surface area contributed by atoms with E-state index in [1.807, 2.05) is 13.8 Å². The molecule has 0 radical (unpaired) electrons. The van der Waals surface area contributed by atoms with Gasteiger partial charge in [-0.2, -0.15) is 0 Å². The van der Waals surface area contributed by atoms with Gasteiger partial charge in [-0.3, -0.25) is 0 Å². The molecule has 0 unspecified atom stereocenters. The summed E-state index contributed by atoms with van der Waals surface area (Å²) in [6.45, 7) is 6.20. The summed E-state index contributed by atoms with van der Waals surface area (Å²) in [7, 11) is 0. The lowest BCUT2D eigenvalue weighted by Gasteiger charge is -2.09. The van der Waals surface area contributed by atoms with E-state index in [0.29, 0.717) is 28.1 Å². The number of hydrogen-bond donors (Lipinski definition) is 1. The topological polar surface area (TPSA) is 65.2 Å². The highest BCUT2D eigenvalue weighted by Gasteiger charge is 2.15. The van der Waals surface area contributed by atoms with E-state index < -0.39 is 0 Å². The maximum Gasteiger partial charge on any atom is 0.340 e. The highest BCUT2D eigenvalue weighted by molar-refractivity contribution is 7.99. The molecular weight excluding hydrogens is 224 g/mol. The summed E-state index contributed by atoms with van der Waals surface area (Å²) in [5, 5.41) is 1.02. The maximum atomic E-state index is 11.7. The normalized spacial score (nSPS) is 10.5. The highest BCUT2D eigenvalue weighted by Crippen LogP contribution is 2.26. The van der Waals surface area contributed by atoms with E-state index in [2.05, 4.69) is 4.98 Å². The van der Waals surface area contributed by atoms with Crippen LogP contribution >= 0.6 is 11.8 Å². The first kappa shape index (κ1) is 12.8. The van der Waals surface area contributed by atoms with Gasteiger partial charge in [0.05, 0.1) is 24.1 Å². The summed E-state index contributed by atoms with van der Waals surface area (Å²) in [4.78, 5) is 15.8. The van der Waals surface area contributed by atoms with Crippen molar-refractivity contribution in [2.24, 2.45) is 0 Å². The van der Waals surface area contributed by atoms with Crippen LogP contribution in [0.1, 0.15) is 31.1 Å². The van der Waals surface area contributed by atoms with E-state index in [9.17, 15) is 4.79 Å². The Morgan fingerprint density at radius 1 is 1.62 bits per heavy atom. The SMILES string of the molecule is CCOC(=O)c1cc(N)cnc1SC(C)C. The predicted molar refractivity (Wildman–Crippen MR) is 65.6 cm³/mol. The molecule has 1 aromatic rings. The van der Waals surface area contributed by atoms with Crippen LogP contribution < -0.4 is 5.73 Å². The highest BCUT2D eigenvalue weighted by atomic mass is 32.2. The molecule has 0 aliphatic heterocycles. The number of aromatic nitrogens is 1. The van der Waals surface area contributed by atoms with Gasteiger partial charge in [0.25, 0.3) is 0 Å². The zero-order valence-corrected chi connectivity index (χ0v) is 10.5. The molecule has 0 aromatic carbocycles. The second-order valence-corrected chi connectivity index (χ2v) is 5.07. The molecule has 1 rings (SSSR count). The molecule has 0 bridgehead atoms. The standard InChI is InChI=1S/C11H16N2O2S/c1-4-15-11(14)9-5-8(12)6-13-10(9)16-7(2)3/h5-7H,4,12H2,1-3H3. The third-order valence-corrected chi connectivity index (χ3v) is 2.73. The Kier molecular flexibility index (Phi) is 4.61. The van der Waals surface area contributed by atoms with Gasteiger partial charge in [-0.15, -0.1) is 11.8 Å². The number of nitrogens with two attached hydrogens (primary N) is 1. The van der Waals surface area contributed by atoms with Crippen LogP contribution in [0.25, 0.3) is 0 Å². The molecule has 0 amide bonds. The minimum absolute atomic E-state index is 0.347. The molecule has 16 heavy (non-hydrogen) atoms. The van der Waals surface area contributed by atoms with Gasteiger partial charge >= 0.3 is 5.97 Å². The lowest BCUT2D eigenvalue weighted by molar-refractivity contribution is 0.0521. The van der Waals surface area contributed by atoms with Crippen molar-refractivity contribution in [1.82, 2.24) is 4.98 Å². The van der Waals surface area contributed by atoms with Crippen molar-refractivity contribution in [2.45, 2.75) is 31.0 Å². The van der Waals surface area contributed by atoms with Gasteiger partial charge in [0, 0.05) is 5.25 Å². The fraction of sp³-hybridized carbons (Fsp3) is 0.455. The summed E-state index contributed by atoms with van der Waals surface area (Å²) < 4.78 is 4.96. The van der Waals surface area contributed by atoms with E-state index in [-0.39, 0.29) is 5.97 Å². The van der Waals surface area contributed by atoms with Crippen molar-refractivity contribution in [2.75, 3.05) is 12.3 Å². The Labute approximate surface area is 99.6 Å². The molecule has 4 nitrogen and oxygen atoms in total. The number of rotatable bonds is 4. The van der Waals surface area contributed by atoms with Crippen molar-refractivity contribution in [3.8, 4) is 0 Å². The summed E-state index contributed by atoms with van der Waals surface area (Å²) in [5.74, 6) is -0.370. The lowest BCUT2D eigenvalue weighted by atomic mass is 10.3. The number of carbonyl (C=O) groups excluding carboxylic acids is 1. The van der Waals surface area contributed by atoms with Crippen LogP contribution in [0.5, 0.6) is 0 Å². The van der Waals surface area contributed by atoms with Crippen LogP contribution in [0.15, 0.2) is 17.3 Å². The van der Waals surface area contributed by atoms with Gasteiger partial charge < -0.3 is 10.5 Å². The summed E-state index contributed by atoms with van der Waals surface area (Å²) in [6, 6.07) is 1.61. The van der Waals surface area contributed by atoms with Crippen LogP contribution in [-0.2, 0) is 4.74 Å². The van der Waals surface area contributed by atoms with E-state index in [1.165, 1.54) is 11.8 Å². The number of esters is 1. The first-order chi connectivity index (χ1) is 7.54. The fourth-order valence-electron chi connectivity index (χ4n) is 1.14. The van der Waals surface area contributed by atoms with Gasteiger partial charge in [0.15, 0.2) is 0 Å². The maximum absolute atomic E-state index is 11.7. The Hall–Kier alpha value is -1.23. The van der Waals surface area contributed by atoms with E-state index >= 15 is 0 Å². The predicted octanol–water partition coefficient (Wildman–Crippen LogP) is 2.34. The van der Waals surface area contributed by atoms with Gasteiger partial charge in [-0.25, -0.2) is 9.78 Å². The molecular formula is C11H16N2O2S. The molecule has 1 aromatic heterocycles. The van der Waals surface area contributed by atoms with E-state index in [0.717, 1.165) is 0 Å². The number of carbonyl (C=O) groups is 1. The van der Waals surface area contributed by atoms with Crippen LogP contribution in [0.3, 0.4) is 0 Å². The quantitative estimate of drug-likeness (QED) is 0.646. The number of pyridine rings is 1. The van der Waals surface area contributed by atoms with Gasteiger partial charge in [-0.1, -0.05) is 13.8 Å². The molecule has 88 valence electrons. The molecule has 0 aliphatic rings. The van der Waals surface area contributed by atoms with Crippen molar-refractivity contribution < 1.29 is 9.53 Å². The van der Waals surface area contributed by atoms with Crippen LogP contribution in [0.2, 0.25) is 0 Å². The van der Waals surface area contributed by atoms with Gasteiger partial charge in [0.1, 0.15) is 5.03 Å². The first-order valence-electron chi connectivity index (χ1n) is 5.14. The number of nitrogen functional groups attached to an aromatic ring is 1. The minimum atomic E-state index is -0.370. The van der Waals surface area contributed by atoms with E-state index in [4.69, 9.17) is 10.5 Å². The van der Waals surface area contributed by atoms with Crippen molar-refractivity contribution in [3.05, 3.63) is 17.8 Å². The molecule has 1 heterocycles. The molecule has 0 spiro atoms. The molecule has 0 saturated heterocycles. The molecule has 5 heteroatoms. The van der Waals surface area contributed by atoms with E-state index in [1.54, 1.807) is 19.2 Å². The zero-order valence-electron chi connectivity index (χ0n) is 9.69. The Morgan fingerprint density at radius 3 is 2.88 bits per heavy atom. The Balaban J connectivity index is 3.02. The average Bonchev–Trinajstić information content (AvgIpc) is 2.20. The average molecular weight is 240 g/mol. The smallest absolute Gasteiger partial charge is 0.340 e. The molecule has 0 saturated carbocycles. The Morgan fingerprint density at radius 2 is 2.31 bits per heavy atom. The van der Waals surface area contributed by atoms with Crippen molar-refractivity contribution in [1.29, 1.82) is 0 Å². The Bertz CT molecular complexity index is 380. The summed E-state index contributed by atoms with van der Waals surface area (Å²) in [5.41, 5.74) is 6.53. The minimum Gasteiger partial charge on any atom is -0.462 e. The molecule has 0 atom stereocenters. The monoisotopic (exact) mass is 240 g/mol. The second-order valence-electron chi connectivity index (χ2n) is 3.51. The van der Waals surface area contributed by atoms with Gasteiger partial charge in [0.2, 0.25) is 0 Å². The molecule has 0 aliphatic carbocycles. The number of thioether (sulfide) groups is 1. The number of nitrogens with zero attached hydrogens (tertiary/aromatic N) is 1. The van der Waals surface area contributed by atoms with Crippen molar-refractivity contribution in [3.63, 3.8) is 0 Å². The summed E-state index contributed by atoms with van der Waals surface area (Å²) >= 11 is 1.52. The summed E-state index contributed by atoms with van der Waals surface area (Å²) in [6.07, 6.45) is 1.55. The first-order valence-corrected chi connectivity index (χ1v) is 6.01. The third kappa shape index (κ3) is 3.41.